The smallest absolute Gasteiger partial charge is 0.135 e. The van der Waals surface area contributed by atoms with Gasteiger partial charge in [-0.3, -0.25) is 5.10 Å². The summed E-state index contributed by atoms with van der Waals surface area (Å²) in [5.41, 5.74) is 5.19. The molecule has 0 spiro atoms. The SMILES string of the molecule is CC(O)c1nc2ccc(-c3cn[nH]c3-c3ccc(F)cc3)cc2[nH]1. The molecule has 0 bridgehead atoms. The maximum absolute atomic E-state index is 13.1. The van der Waals surface area contributed by atoms with E-state index in [9.17, 15) is 9.50 Å². The molecule has 3 N–H and O–H groups in total. The van der Waals surface area contributed by atoms with Gasteiger partial charge in [-0.2, -0.15) is 5.10 Å². The summed E-state index contributed by atoms with van der Waals surface area (Å²) in [5.74, 6) is 0.262. The van der Waals surface area contributed by atoms with Crippen molar-refractivity contribution in [2.24, 2.45) is 0 Å². The van der Waals surface area contributed by atoms with E-state index in [0.29, 0.717) is 5.82 Å². The molecule has 1 unspecified atom stereocenters. The van der Waals surface area contributed by atoms with Gasteiger partial charge in [0.15, 0.2) is 0 Å². The van der Waals surface area contributed by atoms with E-state index in [-0.39, 0.29) is 5.82 Å². The molecule has 4 rings (SSSR count). The van der Waals surface area contributed by atoms with Crippen molar-refractivity contribution in [2.45, 2.75) is 13.0 Å². The maximum Gasteiger partial charge on any atom is 0.135 e. The molecule has 0 aliphatic rings. The fourth-order valence-corrected chi connectivity index (χ4v) is 2.74. The van der Waals surface area contributed by atoms with Gasteiger partial charge in [-0.05, 0) is 48.9 Å². The van der Waals surface area contributed by atoms with Crippen LogP contribution in [0.5, 0.6) is 0 Å². The van der Waals surface area contributed by atoms with Crippen LogP contribution < -0.4 is 0 Å². The van der Waals surface area contributed by atoms with Crippen molar-refractivity contribution >= 4 is 11.0 Å². The van der Waals surface area contributed by atoms with E-state index in [1.54, 1.807) is 25.3 Å². The first kappa shape index (κ1) is 14.6. The van der Waals surface area contributed by atoms with Crippen LogP contribution in [0.25, 0.3) is 33.4 Å². The van der Waals surface area contributed by atoms with Crippen LogP contribution >= 0.6 is 0 Å². The maximum atomic E-state index is 13.1. The summed E-state index contributed by atoms with van der Waals surface area (Å²) in [5, 5.41) is 16.8. The number of hydrogen-bond acceptors (Lipinski definition) is 3. The average molecular weight is 322 g/mol. The van der Waals surface area contributed by atoms with Gasteiger partial charge in [0.1, 0.15) is 17.7 Å². The molecule has 2 aromatic carbocycles. The molecule has 120 valence electrons. The first-order valence-electron chi connectivity index (χ1n) is 7.59. The van der Waals surface area contributed by atoms with Gasteiger partial charge in [0, 0.05) is 11.1 Å². The number of imidazole rings is 1. The number of aromatic amines is 2. The molecule has 24 heavy (non-hydrogen) atoms. The van der Waals surface area contributed by atoms with Crippen LogP contribution in [0.3, 0.4) is 0 Å². The Hall–Kier alpha value is -2.99. The molecule has 1 atom stereocenters. The van der Waals surface area contributed by atoms with Gasteiger partial charge in [-0.15, -0.1) is 0 Å². The van der Waals surface area contributed by atoms with E-state index in [1.807, 2.05) is 18.2 Å². The van der Waals surface area contributed by atoms with Gasteiger partial charge in [0.2, 0.25) is 0 Å². The van der Waals surface area contributed by atoms with E-state index in [4.69, 9.17) is 0 Å². The number of H-pyrrole nitrogens is 2. The Morgan fingerprint density at radius 3 is 2.58 bits per heavy atom. The monoisotopic (exact) mass is 322 g/mol. The molecular formula is C18H15FN4O. The summed E-state index contributed by atoms with van der Waals surface area (Å²) in [6.45, 7) is 1.67. The van der Waals surface area contributed by atoms with Crippen LogP contribution in [0.15, 0.2) is 48.7 Å². The zero-order valence-electron chi connectivity index (χ0n) is 12.9. The molecule has 0 aliphatic carbocycles. The first-order valence-corrected chi connectivity index (χ1v) is 7.59. The summed E-state index contributed by atoms with van der Waals surface area (Å²) < 4.78 is 13.1. The molecule has 4 aromatic rings. The minimum atomic E-state index is -0.649. The lowest BCUT2D eigenvalue weighted by Gasteiger charge is -2.04. The standard InChI is InChI=1S/C18H15FN4O/c1-10(24)18-21-15-7-4-12(8-16(15)22-18)14-9-20-23-17(14)11-2-5-13(19)6-3-11/h2-10,24H,1H3,(H,20,23)(H,21,22). The van der Waals surface area contributed by atoms with E-state index in [0.717, 1.165) is 33.4 Å². The van der Waals surface area contributed by atoms with Gasteiger partial charge in [-0.1, -0.05) is 6.07 Å². The molecule has 0 fully saturated rings. The molecule has 0 radical (unpaired) electrons. The van der Waals surface area contributed by atoms with Gasteiger partial charge in [0.05, 0.1) is 22.9 Å². The number of aliphatic hydroxyl groups excluding tert-OH is 1. The molecule has 6 heteroatoms. The Morgan fingerprint density at radius 2 is 1.83 bits per heavy atom. The summed E-state index contributed by atoms with van der Waals surface area (Å²) in [7, 11) is 0. The third-order valence-corrected chi connectivity index (χ3v) is 3.98. The number of halogens is 1. The third-order valence-electron chi connectivity index (χ3n) is 3.98. The summed E-state index contributed by atoms with van der Waals surface area (Å²) in [6, 6.07) is 12.1. The van der Waals surface area contributed by atoms with Gasteiger partial charge in [-0.25, -0.2) is 9.37 Å². The van der Waals surface area contributed by atoms with Crippen molar-refractivity contribution < 1.29 is 9.50 Å². The zero-order chi connectivity index (χ0) is 16.7. The fourth-order valence-electron chi connectivity index (χ4n) is 2.74. The van der Waals surface area contributed by atoms with E-state index < -0.39 is 6.10 Å². The molecule has 0 saturated carbocycles. The quantitative estimate of drug-likeness (QED) is 0.537. The van der Waals surface area contributed by atoms with Crippen molar-refractivity contribution in [3.8, 4) is 22.4 Å². The first-order chi connectivity index (χ1) is 11.6. The van der Waals surface area contributed by atoms with Crippen molar-refractivity contribution in [2.75, 3.05) is 0 Å². The number of nitrogens with one attached hydrogen (secondary N) is 2. The molecule has 5 nitrogen and oxygen atoms in total. The van der Waals surface area contributed by atoms with Crippen LogP contribution in [0.2, 0.25) is 0 Å². The number of aliphatic hydroxyl groups is 1. The zero-order valence-corrected chi connectivity index (χ0v) is 12.9. The highest BCUT2D eigenvalue weighted by Gasteiger charge is 2.13. The number of aromatic nitrogens is 4. The predicted octanol–water partition coefficient (Wildman–Crippen LogP) is 3.81. The Labute approximate surface area is 137 Å². The van der Waals surface area contributed by atoms with Crippen LogP contribution in [-0.4, -0.2) is 25.3 Å². The lowest BCUT2D eigenvalue weighted by atomic mass is 10.0. The lowest BCUT2D eigenvalue weighted by Crippen LogP contribution is -1.92. The lowest BCUT2D eigenvalue weighted by molar-refractivity contribution is 0.190. The third kappa shape index (κ3) is 2.47. The summed E-state index contributed by atoms with van der Waals surface area (Å²) in [4.78, 5) is 7.48. The van der Waals surface area contributed by atoms with Crippen LogP contribution in [0.1, 0.15) is 18.9 Å². The Morgan fingerprint density at radius 1 is 1.08 bits per heavy atom. The van der Waals surface area contributed by atoms with Gasteiger partial charge < -0.3 is 10.1 Å². The molecule has 0 amide bonds. The topological polar surface area (TPSA) is 77.6 Å². The highest BCUT2D eigenvalue weighted by atomic mass is 19.1. The number of hydrogen-bond donors (Lipinski definition) is 3. The Balaban J connectivity index is 1.80. The molecular weight excluding hydrogens is 307 g/mol. The Kier molecular flexibility index (Phi) is 3.39. The van der Waals surface area contributed by atoms with Gasteiger partial charge in [0.25, 0.3) is 0 Å². The molecule has 2 heterocycles. The minimum absolute atomic E-state index is 0.274. The average Bonchev–Trinajstić information content (AvgIpc) is 3.21. The molecule has 0 aliphatic heterocycles. The second kappa shape index (κ2) is 5.58. The molecule has 0 saturated heterocycles. The van der Waals surface area contributed by atoms with E-state index in [1.165, 1.54) is 12.1 Å². The number of benzene rings is 2. The predicted molar refractivity (Wildman–Crippen MR) is 89.7 cm³/mol. The highest BCUT2D eigenvalue weighted by Crippen LogP contribution is 2.31. The number of rotatable bonds is 3. The van der Waals surface area contributed by atoms with Crippen molar-refractivity contribution in [3.63, 3.8) is 0 Å². The van der Waals surface area contributed by atoms with E-state index in [2.05, 4.69) is 20.2 Å². The minimum Gasteiger partial charge on any atom is -0.385 e. The van der Waals surface area contributed by atoms with Crippen LogP contribution in [-0.2, 0) is 0 Å². The summed E-state index contributed by atoms with van der Waals surface area (Å²) >= 11 is 0. The molecule has 2 aromatic heterocycles. The van der Waals surface area contributed by atoms with Crippen LogP contribution in [0.4, 0.5) is 4.39 Å². The van der Waals surface area contributed by atoms with Gasteiger partial charge >= 0.3 is 0 Å². The van der Waals surface area contributed by atoms with Crippen LogP contribution in [0, 0.1) is 5.82 Å². The van der Waals surface area contributed by atoms with Crippen molar-refractivity contribution in [1.82, 2.24) is 20.2 Å². The largest absolute Gasteiger partial charge is 0.385 e. The second-order valence-corrected chi connectivity index (χ2v) is 5.70. The number of nitrogens with zero attached hydrogens (tertiary/aromatic N) is 2. The van der Waals surface area contributed by atoms with Crippen molar-refractivity contribution in [3.05, 3.63) is 60.3 Å². The van der Waals surface area contributed by atoms with E-state index >= 15 is 0 Å². The highest BCUT2D eigenvalue weighted by molar-refractivity contribution is 5.86. The fraction of sp³-hybridized carbons (Fsp3) is 0.111. The Bertz CT molecular complexity index is 1000. The van der Waals surface area contributed by atoms with Crippen molar-refractivity contribution in [1.29, 1.82) is 0 Å². The number of fused-ring (bicyclic) bond motifs is 1. The normalized spacial score (nSPS) is 12.6. The summed E-state index contributed by atoms with van der Waals surface area (Å²) in [6.07, 6.45) is 1.09. The second-order valence-electron chi connectivity index (χ2n) is 5.70.